The normalized spacial score (nSPS) is 23.8. The monoisotopic (exact) mass is 292 g/mol. The minimum atomic E-state index is -0.314. The molecule has 1 aromatic heterocycles. The molecule has 1 heterocycles. The summed E-state index contributed by atoms with van der Waals surface area (Å²) in [5, 5.41) is 10.3. The third-order valence-corrected chi connectivity index (χ3v) is 4.72. The number of aryl methyl sites for hydroxylation is 1. The minimum absolute atomic E-state index is 0.0446. The van der Waals surface area contributed by atoms with E-state index < -0.39 is 0 Å². The van der Waals surface area contributed by atoms with E-state index in [0.717, 1.165) is 18.0 Å². The van der Waals surface area contributed by atoms with E-state index in [2.05, 4.69) is 22.7 Å². The summed E-state index contributed by atoms with van der Waals surface area (Å²) in [6.45, 7) is 3.08. The molecular weight excluding hydrogens is 264 g/mol. The van der Waals surface area contributed by atoms with Crippen LogP contribution in [0.4, 0.5) is 0 Å². The summed E-state index contributed by atoms with van der Waals surface area (Å²) in [4.78, 5) is 12.3. The van der Waals surface area contributed by atoms with Gasteiger partial charge in [0, 0.05) is 25.4 Å². The van der Waals surface area contributed by atoms with E-state index in [1.165, 1.54) is 32.1 Å². The molecule has 0 saturated heterocycles. The highest BCUT2D eigenvalue weighted by atomic mass is 16.2. The van der Waals surface area contributed by atoms with Crippen molar-refractivity contribution in [1.82, 2.24) is 20.4 Å². The van der Waals surface area contributed by atoms with Crippen LogP contribution in [0.2, 0.25) is 0 Å². The fraction of sp³-hybridized carbons (Fsp3) is 0.750. The standard InChI is InChI=1S/C16H28N4O/c1-4-12-5-7-13(8-6-12)9-18-16(21)15(17-2)14-10-19-20(3)11-14/h10-13,15,17H,4-9H2,1-3H3,(H,18,21). The fourth-order valence-corrected chi connectivity index (χ4v) is 3.23. The van der Waals surface area contributed by atoms with Gasteiger partial charge in [-0.15, -0.1) is 0 Å². The summed E-state index contributed by atoms with van der Waals surface area (Å²) in [6.07, 6.45) is 10.0. The van der Waals surface area contributed by atoms with Crippen LogP contribution >= 0.6 is 0 Å². The first-order valence-corrected chi connectivity index (χ1v) is 8.07. The van der Waals surface area contributed by atoms with Crippen LogP contribution in [0.15, 0.2) is 12.4 Å². The molecule has 1 aromatic rings. The molecule has 1 amide bonds. The molecule has 1 fully saturated rings. The number of rotatable bonds is 6. The molecule has 0 aliphatic heterocycles. The number of nitrogens with zero attached hydrogens (tertiary/aromatic N) is 2. The number of likely N-dealkylation sites (N-methyl/N-ethyl adjacent to an activating group) is 1. The van der Waals surface area contributed by atoms with Crippen LogP contribution in [0.5, 0.6) is 0 Å². The largest absolute Gasteiger partial charge is 0.354 e. The molecule has 5 heteroatoms. The predicted octanol–water partition coefficient (Wildman–Crippen LogP) is 2.01. The average Bonchev–Trinajstić information content (AvgIpc) is 2.92. The quantitative estimate of drug-likeness (QED) is 0.843. The Bertz CT molecular complexity index is 449. The van der Waals surface area contributed by atoms with Crippen LogP contribution in [-0.2, 0) is 11.8 Å². The zero-order valence-electron chi connectivity index (χ0n) is 13.4. The van der Waals surface area contributed by atoms with Crippen molar-refractivity contribution in [2.45, 2.75) is 45.1 Å². The maximum absolute atomic E-state index is 12.3. The van der Waals surface area contributed by atoms with E-state index >= 15 is 0 Å². The van der Waals surface area contributed by atoms with Crippen molar-refractivity contribution in [3.8, 4) is 0 Å². The van der Waals surface area contributed by atoms with E-state index in [9.17, 15) is 4.79 Å². The molecule has 1 unspecified atom stereocenters. The van der Waals surface area contributed by atoms with Crippen molar-refractivity contribution in [1.29, 1.82) is 0 Å². The highest BCUT2D eigenvalue weighted by Gasteiger charge is 2.23. The Morgan fingerprint density at radius 2 is 2.05 bits per heavy atom. The summed E-state index contributed by atoms with van der Waals surface area (Å²) in [7, 11) is 3.67. The zero-order valence-corrected chi connectivity index (χ0v) is 13.4. The first-order valence-electron chi connectivity index (χ1n) is 8.07. The van der Waals surface area contributed by atoms with Crippen molar-refractivity contribution >= 4 is 5.91 Å². The number of carbonyl (C=O) groups is 1. The number of amides is 1. The number of carbonyl (C=O) groups excluding carboxylic acids is 1. The zero-order chi connectivity index (χ0) is 15.2. The number of aromatic nitrogens is 2. The van der Waals surface area contributed by atoms with Crippen molar-refractivity contribution < 1.29 is 4.79 Å². The van der Waals surface area contributed by atoms with Gasteiger partial charge in [0.2, 0.25) is 5.91 Å². The summed E-state index contributed by atoms with van der Waals surface area (Å²) in [5.74, 6) is 1.59. The Kier molecular flexibility index (Phi) is 5.79. The van der Waals surface area contributed by atoms with Crippen LogP contribution in [0.25, 0.3) is 0 Å². The Hall–Kier alpha value is -1.36. The number of nitrogens with one attached hydrogen (secondary N) is 2. The lowest BCUT2D eigenvalue weighted by molar-refractivity contribution is -0.123. The van der Waals surface area contributed by atoms with E-state index in [1.807, 2.05) is 20.3 Å². The lowest BCUT2D eigenvalue weighted by atomic mass is 9.81. The van der Waals surface area contributed by atoms with Crippen molar-refractivity contribution in [2.24, 2.45) is 18.9 Å². The maximum atomic E-state index is 12.3. The SMILES string of the molecule is CCC1CCC(CNC(=O)C(NC)c2cnn(C)c2)CC1. The molecule has 21 heavy (non-hydrogen) atoms. The van der Waals surface area contributed by atoms with Gasteiger partial charge in [0.15, 0.2) is 0 Å². The lowest BCUT2D eigenvalue weighted by Crippen LogP contribution is -2.39. The van der Waals surface area contributed by atoms with Crippen LogP contribution in [0, 0.1) is 11.8 Å². The second-order valence-corrected chi connectivity index (χ2v) is 6.21. The van der Waals surface area contributed by atoms with Crippen LogP contribution in [-0.4, -0.2) is 29.3 Å². The van der Waals surface area contributed by atoms with Crippen molar-refractivity contribution in [2.75, 3.05) is 13.6 Å². The third kappa shape index (κ3) is 4.30. The molecule has 118 valence electrons. The molecule has 0 bridgehead atoms. The summed E-state index contributed by atoms with van der Waals surface area (Å²) in [6, 6.07) is -0.314. The van der Waals surface area contributed by atoms with Gasteiger partial charge < -0.3 is 10.6 Å². The van der Waals surface area contributed by atoms with Crippen LogP contribution in [0.3, 0.4) is 0 Å². The first kappa shape index (κ1) is 16.0. The topological polar surface area (TPSA) is 59.0 Å². The van der Waals surface area contributed by atoms with Gasteiger partial charge >= 0.3 is 0 Å². The molecule has 5 nitrogen and oxygen atoms in total. The Balaban J connectivity index is 1.81. The van der Waals surface area contributed by atoms with Gasteiger partial charge in [-0.05, 0) is 31.7 Å². The third-order valence-electron chi connectivity index (χ3n) is 4.72. The molecule has 1 saturated carbocycles. The van der Waals surface area contributed by atoms with Crippen LogP contribution in [0.1, 0.15) is 50.6 Å². The van der Waals surface area contributed by atoms with Gasteiger partial charge in [-0.25, -0.2) is 0 Å². The molecular formula is C16H28N4O. The van der Waals surface area contributed by atoms with Gasteiger partial charge in [-0.2, -0.15) is 5.10 Å². The molecule has 2 rings (SSSR count). The van der Waals surface area contributed by atoms with Gasteiger partial charge in [0.1, 0.15) is 6.04 Å². The molecule has 0 spiro atoms. The summed E-state index contributed by atoms with van der Waals surface area (Å²) < 4.78 is 1.72. The highest BCUT2D eigenvalue weighted by Crippen LogP contribution is 2.30. The minimum Gasteiger partial charge on any atom is -0.354 e. The van der Waals surface area contributed by atoms with Gasteiger partial charge in [-0.3, -0.25) is 9.48 Å². The second kappa shape index (κ2) is 7.59. The van der Waals surface area contributed by atoms with Crippen LogP contribution < -0.4 is 10.6 Å². The summed E-state index contributed by atoms with van der Waals surface area (Å²) >= 11 is 0. The van der Waals surface area contributed by atoms with E-state index in [1.54, 1.807) is 10.9 Å². The van der Waals surface area contributed by atoms with Gasteiger partial charge in [0.25, 0.3) is 0 Å². The smallest absolute Gasteiger partial charge is 0.241 e. The number of hydrogen-bond acceptors (Lipinski definition) is 3. The van der Waals surface area contributed by atoms with E-state index in [0.29, 0.717) is 5.92 Å². The fourth-order valence-electron chi connectivity index (χ4n) is 3.23. The molecule has 1 aliphatic rings. The molecule has 0 radical (unpaired) electrons. The Morgan fingerprint density at radius 1 is 1.38 bits per heavy atom. The molecule has 1 atom stereocenters. The van der Waals surface area contributed by atoms with Gasteiger partial charge in [0.05, 0.1) is 6.20 Å². The highest BCUT2D eigenvalue weighted by molar-refractivity contribution is 5.83. The lowest BCUT2D eigenvalue weighted by Gasteiger charge is -2.28. The molecule has 1 aliphatic carbocycles. The number of hydrogen-bond donors (Lipinski definition) is 2. The average molecular weight is 292 g/mol. The molecule has 2 N–H and O–H groups in total. The van der Waals surface area contributed by atoms with Gasteiger partial charge in [-0.1, -0.05) is 26.2 Å². The Labute approximate surface area is 127 Å². The van der Waals surface area contributed by atoms with Crippen molar-refractivity contribution in [3.63, 3.8) is 0 Å². The summed E-state index contributed by atoms with van der Waals surface area (Å²) in [5.41, 5.74) is 0.909. The van der Waals surface area contributed by atoms with E-state index in [4.69, 9.17) is 0 Å². The Morgan fingerprint density at radius 3 is 2.57 bits per heavy atom. The van der Waals surface area contributed by atoms with Crippen molar-refractivity contribution in [3.05, 3.63) is 18.0 Å². The second-order valence-electron chi connectivity index (χ2n) is 6.21. The van der Waals surface area contributed by atoms with E-state index in [-0.39, 0.29) is 11.9 Å². The predicted molar refractivity (Wildman–Crippen MR) is 83.8 cm³/mol. The first-order chi connectivity index (χ1) is 10.1. The maximum Gasteiger partial charge on any atom is 0.241 e. The molecule has 0 aromatic carbocycles.